The number of halogens is 2. The van der Waals surface area contributed by atoms with Gasteiger partial charge in [0.1, 0.15) is 12.4 Å². The third-order valence-corrected chi connectivity index (χ3v) is 4.31. The Hall–Kier alpha value is -2.86. The maximum atomic E-state index is 13.1. The zero-order valence-corrected chi connectivity index (χ0v) is 15.3. The normalized spacial score (nSPS) is 10.7. The maximum absolute atomic E-state index is 13.1. The van der Waals surface area contributed by atoms with E-state index in [2.05, 4.69) is 10.6 Å². The molecular weight excluding hydrogens is 369 g/mol. The van der Waals surface area contributed by atoms with Crippen LogP contribution in [0.3, 0.4) is 0 Å². The van der Waals surface area contributed by atoms with Crippen LogP contribution in [0.25, 0.3) is 10.9 Å². The molecule has 27 heavy (non-hydrogen) atoms. The summed E-state index contributed by atoms with van der Waals surface area (Å²) in [6, 6.07) is 13.4. The molecule has 2 amide bonds. The third kappa shape index (κ3) is 5.31. The van der Waals surface area contributed by atoms with E-state index in [1.165, 1.54) is 12.1 Å². The molecule has 0 atom stereocenters. The number of nitrogens with one attached hydrogen (secondary N) is 2. The highest BCUT2D eigenvalue weighted by Crippen LogP contribution is 2.20. The lowest BCUT2D eigenvalue weighted by molar-refractivity contribution is -0.122. The van der Waals surface area contributed by atoms with Crippen LogP contribution in [-0.4, -0.2) is 29.5 Å². The van der Waals surface area contributed by atoms with Crippen molar-refractivity contribution in [3.63, 3.8) is 0 Å². The zero-order valence-electron chi connectivity index (χ0n) is 14.5. The van der Waals surface area contributed by atoms with Gasteiger partial charge in [-0.2, -0.15) is 0 Å². The van der Waals surface area contributed by atoms with E-state index in [-0.39, 0.29) is 30.6 Å². The van der Waals surface area contributed by atoms with Crippen LogP contribution >= 0.6 is 11.6 Å². The summed E-state index contributed by atoms with van der Waals surface area (Å²) in [5, 5.41) is 7.09. The standard InChI is InChI=1S/C20H19ClFN3O2/c21-16-5-4-15-6-9-25(18(15)12-16)13-20(27)24-8-7-23-19(26)11-14-2-1-3-17(22)10-14/h1-6,9-10,12H,7-8,11,13H2,(H,23,26)(H,24,27). The van der Waals surface area contributed by atoms with Gasteiger partial charge in [-0.3, -0.25) is 9.59 Å². The Morgan fingerprint density at radius 3 is 2.56 bits per heavy atom. The van der Waals surface area contributed by atoms with Crippen LogP contribution in [0.2, 0.25) is 5.02 Å². The molecule has 0 bridgehead atoms. The lowest BCUT2D eigenvalue weighted by Crippen LogP contribution is -2.36. The molecule has 0 saturated heterocycles. The molecule has 0 aliphatic heterocycles. The van der Waals surface area contributed by atoms with Crippen molar-refractivity contribution in [1.82, 2.24) is 15.2 Å². The SMILES string of the molecule is O=C(Cc1cccc(F)c1)NCCNC(=O)Cn1ccc2ccc(Cl)cc21. The second-order valence-corrected chi connectivity index (χ2v) is 6.59. The highest BCUT2D eigenvalue weighted by Gasteiger charge is 2.07. The Balaban J connectivity index is 1.41. The molecule has 0 aliphatic rings. The van der Waals surface area contributed by atoms with Crippen LogP contribution in [0.4, 0.5) is 4.39 Å². The van der Waals surface area contributed by atoms with Crippen molar-refractivity contribution in [2.75, 3.05) is 13.1 Å². The van der Waals surface area contributed by atoms with Crippen LogP contribution in [0.5, 0.6) is 0 Å². The van der Waals surface area contributed by atoms with Crippen molar-refractivity contribution < 1.29 is 14.0 Å². The summed E-state index contributed by atoms with van der Waals surface area (Å²) in [4.78, 5) is 23.9. The Morgan fingerprint density at radius 1 is 1.00 bits per heavy atom. The minimum atomic E-state index is -0.369. The Kier molecular flexibility index (Phi) is 6.08. The lowest BCUT2D eigenvalue weighted by Gasteiger charge is -2.09. The van der Waals surface area contributed by atoms with E-state index in [1.54, 1.807) is 18.2 Å². The van der Waals surface area contributed by atoms with E-state index >= 15 is 0 Å². The molecule has 7 heteroatoms. The maximum Gasteiger partial charge on any atom is 0.240 e. The number of carbonyl (C=O) groups excluding carboxylic acids is 2. The van der Waals surface area contributed by atoms with Crippen LogP contribution in [-0.2, 0) is 22.6 Å². The molecular formula is C20H19ClFN3O2. The average molecular weight is 388 g/mol. The largest absolute Gasteiger partial charge is 0.354 e. The monoisotopic (exact) mass is 387 g/mol. The van der Waals surface area contributed by atoms with Gasteiger partial charge in [-0.25, -0.2) is 4.39 Å². The van der Waals surface area contributed by atoms with E-state index in [1.807, 2.05) is 29.0 Å². The zero-order chi connectivity index (χ0) is 19.2. The Bertz CT molecular complexity index is 971. The fourth-order valence-electron chi connectivity index (χ4n) is 2.80. The number of rotatable bonds is 7. The summed E-state index contributed by atoms with van der Waals surface area (Å²) >= 11 is 6.01. The highest BCUT2D eigenvalue weighted by molar-refractivity contribution is 6.31. The summed E-state index contributed by atoms with van der Waals surface area (Å²) < 4.78 is 14.9. The smallest absolute Gasteiger partial charge is 0.240 e. The predicted molar refractivity (Wildman–Crippen MR) is 103 cm³/mol. The van der Waals surface area contributed by atoms with E-state index < -0.39 is 0 Å². The second-order valence-electron chi connectivity index (χ2n) is 6.15. The number of hydrogen-bond acceptors (Lipinski definition) is 2. The minimum Gasteiger partial charge on any atom is -0.354 e. The van der Waals surface area contributed by atoms with Crippen LogP contribution in [0.1, 0.15) is 5.56 Å². The first-order chi connectivity index (χ1) is 13.0. The van der Waals surface area contributed by atoms with Gasteiger partial charge in [0.15, 0.2) is 0 Å². The summed E-state index contributed by atoms with van der Waals surface area (Å²) in [5.41, 5.74) is 1.50. The van der Waals surface area contributed by atoms with Gasteiger partial charge in [0, 0.05) is 29.8 Å². The van der Waals surface area contributed by atoms with Gasteiger partial charge in [0.05, 0.1) is 6.42 Å². The van der Waals surface area contributed by atoms with Gasteiger partial charge in [-0.1, -0.05) is 29.8 Å². The summed E-state index contributed by atoms with van der Waals surface area (Å²) in [7, 11) is 0. The van der Waals surface area contributed by atoms with Gasteiger partial charge in [-0.05, 0) is 41.3 Å². The van der Waals surface area contributed by atoms with Crippen molar-refractivity contribution in [3.05, 3.63) is 71.1 Å². The summed E-state index contributed by atoms with van der Waals surface area (Å²) in [6.45, 7) is 0.785. The number of fused-ring (bicyclic) bond motifs is 1. The van der Waals surface area contributed by atoms with Crippen molar-refractivity contribution in [2.45, 2.75) is 13.0 Å². The molecule has 3 rings (SSSR count). The Labute approximate surface area is 161 Å². The molecule has 1 heterocycles. The van der Waals surface area contributed by atoms with Crippen molar-refractivity contribution in [1.29, 1.82) is 0 Å². The minimum absolute atomic E-state index is 0.0990. The van der Waals surface area contributed by atoms with Crippen molar-refractivity contribution in [2.24, 2.45) is 0 Å². The van der Waals surface area contributed by atoms with Gasteiger partial charge in [0.25, 0.3) is 0 Å². The molecule has 0 radical (unpaired) electrons. The van der Waals surface area contributed by atoms with Crippen LogP contribution in [0.15, 0.2) is 54.7 Å². The number of hydrogen-bond donors (Lipinski definition) is 2. The van der Waals surface area contributed by atoms with Crippen LogP contribution in [0, 0.1) is 5.82 Å². The lowest BCUT2D eigenvalue weighted by atomic mass is 10.1. The van der Waals surface area contributed by atoms with Gasteiger partial charge in [-0.15, -0.1) is 0 Å². The fourth-order valence-corrected chi connectivity index (χ4v) is 2.97. The molecule has 2 N–H and O–H groups in total. The molecule has 2 aromatic carbocycles. The van der Waals surface area contributed by atoms with Crippen molar-refractivity contribution >= 4 is 34.3 Å². The van der Waals surface area contributed by atoms with E-state index in [0.717, 1.165) is 10.9 Å². The van der Waals surface area contributed by atoms with E-state index in [9.17, 15) is 14.0 Å². The number of amides is 2. The molecule has 140 valence electrons. The first-order valence-corrected chi connectivity index (χ1v) is 8.91. The first kappa shape index (κ1) is 18.9. The highest BCUT2D eigenvalue weighted by atomic mass is 35.5. The van der Waals surface area contributed by atoms with E-state index in [4.69, 9.17) is 11.6 Å². The molecule has 0 aliphatic carbocycles. The molecule has 0 unspecified atom stereocenters. The number of aromatic nitrogens is 1. The number of benzene rings is 2. The first-order valence-electron chi connectivity index (χ1n) is 8.53. The van der Waals surface area contributed by atoms with Crippen molar-refractivity contribution in [3.8, 4) is 0 Å². The van der Waals surface area contributed by atoms with Gasteiger partial charge >= 0.3 is 0 Å². The van der Waals surface area contributed by atoms with Crippen LogP contribution < -0.4 is 10.6 Å². The number of nitrogens with zero attached hydrogens (tertiary/aromatic N) is 1. The predicted octanol–water partition coefficient (Wildman–Crippen LogP) is 2.91. The molecule has 0 fully saturated rings. The Morgan fingerprint density at radius 2 is 1.78 bits per heavy atom. The summed E-state index contributed by atoms with van der Waals surface area (Å²) in [5.74, 6) is -0.751. The number of carbonyl (C=O) groups is 2. The third-order valence-electron chi connectivity index (χ3n) is 4.07. The van der Waals surface area contributed by atoms with E-state index in [0.29, 0.717) is 23.7 Å². The summed E-state index contributed by atoms with van der Waals surface area (Å²) in [6.07, 6.45) is 1.93. The molecule has 0 spiro atoms. The molecule has 1 aromatic heterocycles. The van der Waals surface area contributed by atoms with Gasteiger partial charge < -0.3 is 15.2 Å². The molecule has 3 aromatic rings. The fraction of sp³-hybridized carbons (Fsp3) is 0.200. The molecule has 0 saturated carbocycles. The quantitative estimate of drug-likeness (QED) is 0.612. The van der Waals surface area contributed by atoms with Gasteiger partial charge in [0.2, 0.25) is 11.8 Å². The topological polar surface area (TPSA) is 63.1 Å². The average Bonchev–Trinajstić information content (AvgIpc) is 3.01. The molecule has 5 nitrogen and oxygen atoms in total. The second kappa shape index (κ2) is 8.68.